The van der Waals surface area contributed by atoms with E-state index in [1.165, 1.54) is 51.0 Å². The van der Waals surface area contributed by atoms with E-state index >= 15 is 0 Å². The zero-order valence-electron chi connectivity index (χ0n) is 16.5. The van der Waals surface area contributed by atoms with Gasteiger partial charge in [-0.15, -0.1) is 0 Å². The van der Waals surface area contributed by atoms with E-state index in [4.69, 9.17) is 0 Å². The third kappa shape index (κ3) is 5.21. The van der Waals surface area contributed by atoms with Crippen LogP contribution in [0.15, 0.2) is 41.8 Å². The lowest BCUT2D eigenvalue weighted by Crippen LogP contribution is -2.51. The quantitative estimate of drug-likeness (QED) is 0.764. The van der Waals surface area contributed by atoms with Crippen molar-refractivity contribution in [1.82, 2.24) is 9.21 Å². The Bertz CT molecular complexity index is 761. The van der Waals surface area contributed by atoms with Crippen molar-refractivity contribution >= 4 is 21.6 Å². The van der Waals surface area contributed by atoms with Crippen LogP contribution in [0.1, 0.15) is 44.9 Å². The van der Waals surface area contributed by atoms with Crippen molar-refractivity contribution in [2.75, 3.05) is 31.5 Å². The number of hydrogen-bond donors (Lipinski definition) is 1. The van der Waals surface area contributed by atoms with Crippen LogP contribution in [0.3, 0.4) is 0 Å². The van der Waals surface area contributed by atoms with Gasteiger partial charge in [0.15, 0.2) is 0 Å². The van der Waals surface area contributed by atoms with E-state index in [1.807, 2.05) is 0 Å². The molecule has 7 heteroatoms. The van der Waals surface area contributed by atoms with Crippen LogP contribution in [0.5, 0.6) is 0 Å². The first-order valence-electron chi connectivity index (χ1n) is 10.3. The Morgan fingerprint density at radius 3 is 2.11 bits per heavy atom. The lowest BCUT2D eigenvalue weighted by atomic mass is 9.95. The van der Waals surface area contributed by atoms with Gasteiger partial charge in [0.25, 0.3) is 0 Å². The Morgan fingerprint density at radius 1 is 0.964 bits per heavy atom. The molecule has 1 N–H and O–H groups in total. The zero-order chi connectivity index (χ0) is 20.0. The molecule has 154 valence electrons. The summed E-state index contributed by atoms with van der Waals surface area (Å²) in [5, 5.41) is 2.63. The van der Waals surface area contributed by atoms with E-state index in [9.17, 15) is 13.2 Å². The fourth-order valence-corrected chi connectivity index (χ4v) is 5.58. The average molecular weight is 406 g/mol. The van der Waals surface area contributed by atoms with Crippen LogP contribution >= 0.6 is 0 Å². The topological polar surface area (TPSA) is 69.7 Å². The third-order valence-electron chi connectivity index (χ3n) is 5.81. The molecule has 2 fully saturated rings. The maximum atomic E-state index is 13.0. The lowest BCUT2D eigenvalue weighted by Gasteiger charge is -2.39. The largest absolute Gasteiger partial charge is 0.323 e. The molecule has 1 aliphatic heterocycles. The molecule has 6 nitrogen and oxygen atoms in total. The summed E-state index contributed by atoms with van der Waals surface area (Å²) >= 11 is 0. The maximum absolute atomic E-state index is 13.0. The molecule has 0 spiro atoms. The monoisotopic (exact) mass is 405 g/mol. The number of amides is 1. The number of sulfonamides is 1. The molecule has 2 aliphatic rings. The second-order valence-electron chi connectivity index (χ2n) is 7.66. The Labute approximate surface area is 168 Å². The highest BCUT2D eigenvalue weighted by molar-refractivity contribution is 7.89. The Kier molecular flexibility index (Phi) is 7.26. The van der Waals surface area contributed by atoms with Crippen molar-refractivity contribution in [1.29, 1.82) is 0 Å². The first-order chi connectivity index (χ1) is 13.5. The summed E-state index contributed by atoms with van der Waals surface area (Å²) in [7, 11) is -3.51. The van der Waals surface area contributed by atoms with E-state index in [0.29, 0.717) is 24.8 Å². The van der Waals surface area contributed by atoms with Crippen molar-refractivity contribution in [2.24, 2.45) is 0 Å². The van der Waals surface area contributed by atoms with Crippen molar-refractivity contribution in [2.45, 2.75) is 55.9 Å². The smallest absolute Gasteiger partial charge is 0.247 e. The lowest BCUT2D eigenvalue weighted by molar-refractivity contribution is -0.111. The Morgan fingerprint density at radius 2 is 1.54 bits per heavy atom. The van der Waals surface area contributed by atoms with Crippen LogP contribution in [0.25, 0.3) is 0 Å². The first kappa shape index (κ1) is 21.0. The Hall–Kier alpha value is -1.70. The molecule has 0 radical (unpaired) electrons. The second kappa shape index (κ2) is 9.67. The molecule has 0 aromatic heterocycles. The van der Waals surface area contributed by atoms with Crippen LogP contribution in [-0.2, 0) is 14.8 Å². The van der Waals surface area contributed by atoms with E-state index in [1.54, 1.807) is 28.6 Å². The van der Waals surface area contributed by atoms with Crippen LogP contribution in [0.4, 0.5) is 5.69 Å². The summed E-state index contributed by atoms with van der Waals surface area (Å²) in [4.78, 5) is 14.1. The molecule has 1 aromatic carbocycles. The number of carbonyl (C=O) groups excluding carboxylic acids is 1. The molecule has 0 atom stereocenters. The number of piperazine rings is 1. The molecule has 0 unspecified atom stereocenters. The normalized spacial score (nSPS) is 20.9. The standard InChI is InChI=1S/C21H31N3O3S/c1-2-21(25)22-18-10-12-20(13-11-18)28(26,27)24-16-14-23(15-17-24)19-8-6-4-3-5-7-9-19/h2,10-13,19H,1,3-9,14-17H2,(H,22,25). The first-order valence-corrected chi connectivity index (χ1v) is 11.7. The number of hydrogen-bond acceptors (Lipinski definition) is 4. The summed E-state index contributed by atoms with van der Waals surface area (Å²) in [6.07, 6.45) is 10.3. The maximum Gasteiger partial charge on any atom is 0.247 e. The van der Waals surface area contributed by atoms with Gasteiger partial charge in [0.2, 0.25) is 15.9 Å². The van der Waals surface area contributed by atoms with Crippen molar-refractivity contribution in [3.8, 4) is 0 Å². The molecule has 1 saturated heterocycles. The molecule has 1 aromatic rings. The summed E-state index contributed by atoms with van der Waals surface area (Å²) in [6, 6.07) is 6.93. The van der Waals surface area contributed by atoms with E-state index < -0.39 is 10.0 Å². The second-order valence-corrected chi connectivity index (χ2v) is 9.59. The van der Waals surface area contributed by atoms with Crippen molar-refractivity contribution in [3.63, 3.8) is 0 Å². The molecule has 3 rings (SSSR count). The number of benzene rings is 1. The van der Waals surface area contributed by atoms with Crippen LogP contribution in [0.2, 0.25) is 0 Å². The highest BCUT2D eigenvalue weighted by Gasteiger charge is 2.31. The highest BCUT2D eigenvalue weighted by atomic mass is 32.2. The van der Waals surface area contributed by atoms with Gasteiger partial charge in [-0.05, 0) is 43.2 Å². The highest BCUT2D eigenvalue weighted by Crippen LogP contribution is 2.25. The van der Waals surface area contributed by atoms with Gasteiger partial charge in [-0.25, -0.2) is 8.42 Å². The molecule has 1 heterocycles. The zero-order valence-corrected chi connectivity index (χ0v) is 17.3. The van der Waals surface area contributed by atoms with Gasteiger partial charge < -0.3 is 5.32 Å². The van der Waals surface area contributed by atoms with Crippen LogP contribution < -0.4 is 5.32 Å². The summed E-state index contributed by atoms with van der Waals surface area (Å²) in [5.41, 5.74) is 0.554. The number of nitrogens with one attached hydrogen (secondary N) is 1. The molecule has 28 heavy (non-hydrogen) atoms. The molecule has 1 saturated carbocycles. The number of carbonyl (C=O) groups is 1. The molecular formula is C21H31N3O3S. The minimum absolute atomic E-state index is 0.267. The predicted molar refractivity (Wildman–Crippen MR) is 112 cm³/mol. The minimum Gasteiger partial charge on any atom is -0.323 e. The van der Waals surface area contributed by atoms with Gasteiger partial charge in [0.05, 0.1) is 4.90 Å². The van der Waals surface area contributed by atoms with Crippen LogP contribution in [-0.4, -0.2) is 55.8 Å². The van der Waals surface area contributed by atoms with Gasteiger partial charge in [0, 0.05) is 37.9 Å². The van der Waals surface area contributed by atoms with Crippen molar-refractivity contribution < 1.29 is 13.2 Å². The Balaban J connectivity index is 1.59. The number of anilines is 1. The summed E-state index contributed by atoms with van der Waals surface area (Å²) in [6.45, 7) is 6.08. The summed E-state index contributed by atoms with van der Waals surface area (Å²) < 4.78 is 27.5. The average Bonchev–Trinajstić information content (AvgIpc) is 2.68. The minimum atomic E-state index is -3.51. The van der Waals surface area contributed by atoms with E-state index in [-0.39, 0.29) is 10.8 Å². The van der Waals surface area contributed by atoms with Gasteiger partial charge in [-0.1, -0.05) is 38.7 Å². The van der Waals surface area contributed by atoms with Crippen molar-refractivity contribution in [3.05, 3.63) is 36.9 Å². The van der Waals surface area contributed by atoms with E-state index in [0.717, 1.165) is 13.1 Å². The molecule has 1 aliphatic carbocycles. The van der Waals surface area contributed by atoms with Gasteiger partial charge >= 0.3 is 0 Å². The SMILES string of the molecule is C=CC(=O)Nc1ccc(S(=O)(=O)N2CCN(C3CCCCCCC3)CC2)cc1. The molecule has 0 bridgehead atoms. The third-order valence-corrected chi connectivity index (χ3v) is 7.72. The van der Waals surface area contributed by atoms with E-state index in [2.05, 4.69) is 16.8 Å². The number of nitrogens with zero attached hydrogens (tertiary/aromatic N) is 2. The van der Waals surface area contributed by atoms with Gasteiger partial charge in [-0.3, -0.25) is 9.69 Å². The molecule has 1 amide bonds. The fourth-order valence-electron chi connectivity index (χ4n) is 4.16. The predicted octanol–water partition coefficient (Wildman–Crippen LogP) is 3.23. The molecular weight excluding hydrogens is 374 g/mol. The number of rotatable bonds is 5. The van der Waals surface area contributed by atoms with Gasteiger partial charge in [0.1, 0.15) is 0 Å². The van der Waals surface area contributed by atoms with Crippen LogP contribution in [0, 0.1) is 0 Å². The fraction of sp³-hybridized carbons (Fsp3) is 0.571. The summed E-state index contributed by atoms with van der Waals surface area (Å²) in [5.74, 6) is -0.319. The van der Waals surface area contributed by atoms with Gasteiger partial charge in [-0.2, -0.15) is 4.31 Å².